The highest BCUT2D eigenvalue weighted by atomic mass is 35.5. The molecule has 0 aromatic heterocycles. The van der Waals surface area contributed by atoms with Crippen molar-refractivity contribution in [3.63, 3.8) is 0 Å². The summed E-state index contributed by atoms with van der Waals surface area (Å²) in [5, 5.41) is 10.6. The number of amides is 1. The lowest BCUT2D eigenvalue weighted by Crippen LogP contribution is -2.56. The maximum Gasteiger partial charge on any atom is 0.339 e. The van der Waals surface area contributed by atoms with Gasteiger partial charge in [0.2, 0.25) is 5.91 Å². The third-order valence-corrected chi connectivity index (χ3v) is 6.67. The summed E-state index contributed by atoms with van der Waals surface area (Å²) in [6.45, 7) is 0.867. The quantitative estimate of drug-likeness (QED) is 0.791. The number of hydrogen-bond acceptors (Lipinski definition) is 4. The first kappa shape index (κ1) is 17.7. The number of fused-ring (bicyclic) bond motifs is 2. The molecular formula is C22H20ClNO4. The van der Waals surface area contributed by atoms with Crippen molar-refractivity contribution in [3.8, 4) is 0 Å². The molecule has 1 saturated carbocycles. The van der Waals surface area contributed by atoms with Crippen LogP contribution in [0, 0.1) is 0 Å². The zero-order valence-electron chi connectivity index (χ0n) is 15.2. The van der Waals surface area contributed by atoms with Gasteiger partial charge in [-0.1, -0.05) is 41.9 Å². The second-order valence-corrected chi connectivity index (χ2v) is 8.49. The Morgan fingerprint density at radius 2 is 1.86 bits per heavy atom. The van der Waals surface area contributed by atoms with Crippen molar-refractivity contribution in [3.05, 3.63) is 70.2 Å². The Morgan fingerprint density at radius 1 is 1.14 bits per heavy atom. The van der Waals surface area contributed by atoms with Crippen LogP contribution in [0.1, 0.15) is 40.7 Å². The predicted octanol–water partition coefficient (Wildman–Crippen LogP) is 3.03. The molecule has 6 heteroatoms. The molecule has 1 unspecified atom stereocenters. The van der Waals surface area contributed by atoms with Gasteiger partial charge < -0.3 is 14.7 Å². The molecule has 2 fully saturated rings. The highest BCUT2D eigenvalue weighted by molar-refractivity contribution is 6.30. The summed E-state index contributed by atoms with van der Waals surface area (Å²) in [7, 11) is 0. The monoisotopic (exact) mass is 397 g/mol. The number of carbonyl (C=O) groups excluding carboxylic acids is 2. The maximum absolute atomic E-state index is 13.6. The summed E-state index contributed by atoms with van der Waals surface area (Å²) in [4.78, 5) is 27.6. The van der Waals surface area contributed by atoms with Crippen molar-refractivity contribution in [2.45, 2.75) is 36.4 Å². The van der Waals surface area contributed by atoms with Gasteiger partial charge in [0.25, 0.3) is 0 Å². The fourth-order valence-electron chi connectivity index (χ4n) is 4.95. The molecule has 1 aliphatic carbocycles. The van der Waals surface area contributed by atoms with E-state index in [1.54, 1.807) is 23.1 Å². The topological polar surface area (TPSA) is 66.8 Å². The number of esters is 1. The number of aliphatic hydroxyl groups excluding tert-OH is 1. The van der Waals surface area contributed by atoms with E-state index in [1.165, 1.54) is 0 Å². The Morgan fingerprint density at radius 3 is 2.57 bits per heavy atom. The van der Waals surface area contributed by atoms with Crippen LogP contribution in [0.3, 0.4) is 0 Å². The zero-order valence-corrected chi connectivity index (χ0v) is 16.0. The Balaban J connectivity index is 1.45. The molecule has 1 atom stereocenters. The Bertz CT molecular complexity index is 967. The number of carbonyl (C=O) groups is 2. The summed E-state index contributed by atoms with van der Waals surface area (Å²) in [6.07, 6.45) is 0.891. The predicted molar refractivity (Wildman–Crippen MR) is 103 cm³/mol. The minimum absolute atomic E-state index is 0.0163. The van der Waals surface area contributed by atoms with Crippen LogP contribution in [0.25, 0.3) is 0 Å². The Labute approximate surface area is 167 Å². The van der Waals surface area contributed by atoms with Crippen molar-refractivity contribution in [2.24, 2.45) is 0 Å². The zero-order chi connectivity index (χ0) is 19.5. The van der Waals surface area contributed by atoms with E-state index in [0.29, 0.717) is 42.9 Å². The molecule has 2 aromatic carbocycles. The van der Waals surface area contributed by atoms with Gasteiger partial charge in [-0.2, -0.15) is 0 Å². The molecule has 5 nitrogen and oxygen atoms in total. The van der Waals surface area contributed by atoms with Crippen LogP contribution in [0.5, 0.6) is 0 Å². The fraction of sp³-hybridized carbons (Fsp3) is 0.364. The first-order chi connectivity index (χ1) is 13.4. The van der Waals surface area contributed by atoms with Gasteiger partial charge in [0, 0.05) is 23.6 Å². The van der Waals surface area contributed by atoms with E-state index in [1.807, 2.05) is 30.3 Å². The minimum atomic E-state index is -0.757. The van der Waals surface area contributed by atoms with Crippen LogP contribution < -0.4 is 0 Å². The van der Waals surface area contributed by atoms with Crippen LogP contribution in [0.15, 0.2) is 48.5 Å². The van der Waals surface area contributed by atoms with Crippen molar-refractivity contribution in [1.29, 1.82) is 0 Å². The van der Waals surface area contributed by atoms with Gasteiger partial charge in [0.05, 0.1) is 23.6 Å². The van der Waals surface area contributed by atoms with Crippen molar-refractivity contribution >= 4 is 23.5 Å². The molecule has 2 aliphatic heterocycles. The highest BCUT2D eigenvalue weighted by Crippen LogP contribution is 2.49. The lowest BCUT2D eigenvalue weighted by atomic mass is 9.62. The van der Waals surface area contributed by atoms with Crippen molar-refractivity contribution < 1.29 is 19.4 Å². The van der Waals surface area contributed by atoms with E-state index in [-0.39, 0.29) is 11.9 Å². The van der Waals surface area contributed by atoms with Crippen LogP contribution in [0.4, 0.5) is 0 Å². The number of likely N-dealkylation sites (tertiary alicyclic amines) is 1. The summed E-state index contributed by atoms with van der Waals surface area (Å²) in [6, 6.07) is 14.7. The van der Waals surface area contributed by atoms with E-state index in [0.717, 1.165) is 11.1 Å². The number of rotatable bonds is 2. The van der Waals surface area contributed by atoms with Crippen LogP contribution >= 0.6 is 11.6 Å². The van der Waals surface area contributed by atoms with E-state index in [9.17, 15) is 14.7 Å². The standard InChI is InChI=1S/C22H20ClNO4/c23-15-7-5-14(6-8-15)21(11-16(25)12-21)20(27)24-10-9-22(13-24)18-4-2-1-3-17(18)19(26)28-22/h1-8,16,25H,9-13H2/t16-,21-,22?. The Kier molecular flexibility index (Phi) is 3.83. The lowest BCUT2D eigenvalue weighted by molar-refractivity contribution is -0.146. The third kappa shape index (κ3) is 2.43. The SMILES string of the molecule is O=C1OC2(CCN(C(=O)[C@]3(c4ccc(Cl)cc4)C[C@@H](O)C3)C2)c2ccccc21. The van der Waals surface area contributed by atoms with Crippen LogP contribution in [0.2, 0.25) is 5.02 Å². The van der Waals surface area contributed by atoms with Crippen molar-refractivity contribution in [2.75, 3.05) is 13.1 Å². The molecule has 1 amide bonds. The second-order valence-electron chi connectivity index (χ2n) is 8.06. The number of hydrogen-bond donors (Lipinski definition) is 1. The molecule has 1 N–H and O–H groups in total. The molecule has 0 radical (unpaired) electrons. The molecule has 144 valence electrons. The van der Waals surface area contributed by atoms with Gasteiger partial charge in [-0.15, -0.1) is 0 Å². The van der Waals surface area contributed by atoms with Gasteiger partial charge in [0.1, 0.15) is 0 Å². The van der Waals surface area contributed by atoms with Crippen LogP contribution in [-0.4, -0.2) is 41.1 Å². The van der Waals surface area contributed by atoms with Gasteiger partial charge in [0.15, 0.2) is 5.60 Å². The van der Waals surface area contributed by atoms with E-state index < -0.39 is 17.1 Å². The first-order valence-electron chi connectivity index (χ1n) is 9.50. The smallest absolute Gasteiger partial charge is 0.339 e. The molecule has 5 rings (SSSR count). The molecule has 1 saturated heterocycles. The van der Waals surface area contributed by atoms with Crippen molar-refractivity contribution in [1.82, 2.24) is 4.90 Å². The molecule has 1 spiro atoms. The Hall–Kier alpha value is -2.37. The molecule has 28 heavy (non-hydrogen) atoms. The van der Waals surface area contributed by atoms with Gasteiger partial charge in [-0.25, -0.2) is 4.79 Å². The van der Waals surface area contributed by atoms with Gasteiger partial charge in [-0.05, 0) is 36.6 Å². The maximum atomic E-state index is 13.6. The molecule has 2 aromatic rings. The van der Waals surface area contributed by atoms with E-state index in [4.69, 9.17) is 16.3 Å². The third-order valence-electron chi connectivity index (χ3n) is 6.42. The second kappa shape index (κ2) is 6.06. The van der Waals surface area contributed by atoms with Crippen LogP contribution in [-0.2, 0) is 20.5 Å². The summed E-state index contributed by atoms with van der Waals surface area (Å²) < 4.78 is 5.77. The van der Waals surface area contributed by atoms with Gasteiger partial charge >= 0.3 is 5.97 Å². The molecule has 2 heterocycles. The average molecular weight is 398 g/mol. The molecule has 3 aliphatic rings. The van der Waals surface area contributed by atoms with Gasteiger partial charge in [-0.3, -0.25) is 4.79 Å². The summed E-state index contributed by atoms with van der Waals surface area (Å²) >= 11 is 6.01. The number of nitrogens with zero attached hydrogens (tertiary/aromatic N) is 1. The average Bonchev–Trinajstić information content (AvgIpc) is 3.22. The largest absolute Gasteiger partial charge is 0.449 e. The van der Waals surface area contributed by atoms with E-state index >= 15 is 0 Å². The minimum Gasteiger partial charge on any atom is -0.449 e. The number of aliphatic hydroxyl groups is 1. The summed E-state index contributed by atoms with van der Waals surface area (Å²) in [5.41, 5.74) is 0.828. The molecule has 0 bridgehead atoms. The lowest BCUT2D eigenvalue weighted by Gasteiger charge is -2.46. The first-order valence-corrected chi connectivity index (χ1v) is 9.88. The van der Waals surface area contributed by atoms with E-state index in [2.05, 4.69) is 0 Å². The highest BCUT2D eigenvalue weighted by Gasteiger charge is 2.57. The summed E-state index contributed by atoms with van der Waals surface area (Å²) in [5.74, 6) is -0.339. The molecular weight excluding hydrogens is 378 g/mol. The normalized spacial score (nSPS) is 30.9. The number of ether oxygens (including phenoxy) is 1. The number of benzene rings is 2. The number of halogens is 1. The fourth-order valence-corrected chi connectivity index (χ4v) is 5.08.